The van der Waals surface area contributed by atoms with Gasteiger partial charge in [-0.1, -0.05) is 35.9 Å². The zero-order valence-corrected chi connectivity index (χ0v) is 11.1. The Morgan fingerprint density at radius 3 is 2.85 bits per heavy atom. The quantitative estimate of drug-likeness (QED) is 0.341. The van der Waals surface area contributed by atoms with Crippen molar-refractivity contribution < 1.29 is 9.53 Å². The summed E-state index contributed by atoms with van der Waals surface area (Å²) in [6, 6.07) is 7.21. The van der Waals surface area contributed by atoms with Gasteiger partial charge in [-0.3, -0.25) is 5.43 Å². The molecule has 2 rings (SSSR count). The van der Waals surface area contributed by atoms with Gasteiger partial charge in [0.25, 0.3) is 0 Å². The second kappa shape index (κ2) is 6.18. The average Bonchev–Trinajstić information content (AvgIpc) is 2.48. The number of amides is 1. The summed E-state index contributed by atoms with van der Waals surface area (Å²) in [6.45, 7) is 0.0280. The molecule has 2 aromatic rings. The summed E-state index contributed by atoms with van der Waals surface area (Å²) in [7, 11) is 0. The average molecular weight is 294 g/mol. The van der Waals surface area contributed by atoms with E-state index in [1.165, 1.54) is 6.33 Å². The van der Waals surface area contributed by atoms with Gasteiger partial charge in [0.2, 0.25) is 0 Å². The molecular formula is C12H12ClN5O2. The zero-order chi connectivity index (χ0) is 14.5. The minimum Gasteiger partial charge on any atom is -0.444 e. The van der Waals surface area contributed by atoms with Crippen LogP contribution in [0.2, 0.25) is 5.15 Å². The fraction of sp³-hybridized carbons (Fsp3) is 0.0833. The number of hydrazine groups is 1. The van der Waals surface area contributed by atoms with Gasteiger partial charge in [-0.2, -0.15) is 0 Å². The van der Waals surface area contributed by atoms with E-state index >= 15 is 0 Å². The maximum absolute atomic E-state index is 11.0. The minimum atomic E-state index is -0.728. The molecule has 1 heterocycles. The molecule has 0 saturated heterocycles. The standard InChI is InChI=1S/C12H12ClN5O2/c13-11-9(14)10(16-6-17-11)8-4-2-1-3-7(8)5-20-12(19)18-15/h1-4,6H,5,14-15H2,(H,18,19). The second-order valence-electron chi connectivity index (χ2n) is 3.80. The number of rotatable bonds is 3. The van der Waals surface area contributed by atoms with Gasteiger partial charge in [0.1, 0.15) is 12.9 Å². The molecule has 0 atom stereocenters. The van der Waals surface area contributed by atoms with Crippen LogP contribution in [0.25, 0.3) is 11.3 Å². The Balaban J connectivity index is 2.37. The van der Waals surface area contributed by atoms with Gasteiger partial charge in [-0.05, 0) is 5.56 Å². The zero-order valence-electron chi connectivity index (χ0n) is 10.3. The second-order valence-corrected chi connectivity index (χ2v) is 4.16. The van der Waals surface area contributed by atoms with Crippen LogP contribution < -0.4 is 17.0 Å². The number of carbonyl (C=O) groups excluding carboxylic acids is 1. The minimum absolute atomic E-state index is 0.0280. The first-order valence-corrected chi connectivity index (χ1v) is 5.99. The van der Waals surface area contributed by atoms with Crippen LogP contribution in [0.5, 0.6) is 0 Å². The first kappa shape index (κ1) is 14.0. The lowest BCUT2D eigenvalue weighted by molar-refractivity contribution is 0.140. The molecule has 0 fully saturated rings. The number of aromatic nitrogens is 2. The van der Waals surface area contributed by atoms with Crippen LogP contribution in [-0.4, -0.2) is 16.1 Å². The molecular weight excluding hydrogens is 282 g/mol. The van der Waals surface area contributed by atoms with E-state index in [1.54, 1.807) is 12.1 Å². The van der Waals surface area contributed by atoms with Crippen molar-refractivity contribution in [1.29, 1.82) is 0 Å². The molecule has 0 aliphatic heterocycles. The Kier molecular flexibility index (Phi) is 4.34. The monoisotopic (exact) mass is 293 g/mol. The van der Waals surface area contributed by atoms with E-state index < -0.39 is 6.09 Å². The molecule has 0 saturated carbocycles. The third kappa shape index (κ3) is 2.95. The highest BCUT2D eigenvalue weighted by Crippen LogP contribution is 2.30. The summed E-state index contributed by atoms with van der Waals surface area (Å²) in [6.07, 6.45) is 0.589. The number of carbonyl (C=O) groups is 1. The molecule has 0 spiro atoms. The molecule has 0 unspecified atom stereocenters. The van der Waals surface area contributed by atoms with Gasteiger partial charge in [-0.25, -0.2) is 20.6 Å². The van der Waals surface area contributed by atoms with Gasteiger partial charge < -0.3 is 10.5 Å². The Morgan fingerprint density at radius 2 is 2.10 bits per heavy atom. The molecule has 0 radical (unpaired) electrons. The maximum atomic E-state index is 11.0. The summed E-state index contributed by atoms with van der Waals surface area (Å²) in [5.74, 6) is 4.95. The summed E-state index contributed by atoms with van der Waals surface area (Å²) < 4.78 is 4.92. The summed E-state index contributed by atoms with van der Waals surface area (Å²) >= 11 is 5.88. The normalized spacial score (nSPS) is 10.1. The summed E-state index contributed by atoms with van der Waals surface area (Å²) in [5, 5.41) is 0.172. The van der Waals surface area contributed by atoms with Crippen LogP contribution in [0.4, 0.5) is 10.5 Å². The van der Waals surface area contributed by atoms with E-state index in [4.69, 9.17) is 27.9 Å². The number of halogens is 1. The number of nitrogens with two attached hydrogens (primary N) is 2. The van der Waals surface area contributed by atoms with Crippen LogP contribution >= 0.6 is 11.6 Å². The lowest BCUT2D eigenvalue weighted by Gasteiger charge is -2.11. The molecule has 5 N–H and O–H groups in total. The third-order valence-electron chi connectivity index (χ3n) is 2.58. The molecule has 1 aromatic carbocycles. The lowest BCUT2D eigenvalue weighted by atomic mass is 10.0. The molecule has 1 amide bonds. The van der Waals surface area contributed by atoms with Gasteiger partial charge in [-0.15, -0.1) is 0 Å². The van der Waals surface area contributed by atoms with Crippen LogP contribution in [0.3, 0.4) is 0 Å². The highest BCUT2D eigenvalue weighted by molar-refractivity contribution is 6.32. The molecule has 104 valence electrons. The Morgan fingerprint density at radius 1 is 1.35 bits per heavy atom. The van der Waals surface area contributed by atoms with Crippen LogP contribution in [0.15, 0.2) is 30.6 Å². The Labute approximate surface area is 119 Å². The molecule has 20 heavy (non-hydrogen) atoms. The number of nitrogens with one attached hydrogen (secondary N) is 1. The SMILES string of the molecule is NNC(=O)OCc1ccccc1-c1ncnc(Cl)c1N. The van der Waals surface area contributed by atoms with E-state index in [0.29, 0.717) is 11.3 Å². The molecule has 0 bridgehead atoms. The van der Waals surface area contributed by atoms with Crippen molar-refractivity contribution in [2.45, 2.75) is 6.61 Å². The van der Waals surface area contributed by atoms with Gasteiger partial charge >= 0.3 is 6.09 Å². The highest BCUT2D eigenvalue weighted by atomic mass is 35.5. The molecule has 0 aliphatic carbocycles. The number of hydrogen-bond acceptors (Lipinski definition) is 6. The smallest absolute Gasteiger partial charge is 0.421 e. The van der Waals surface area contributed by atoms with Crippen molar-refractivity contribution in [2.75, 3.05) is 5.73 Å². The van der Waals surface area contributed by atoms with Gasteiger partial charge in [0.05, 0.1) is 11.4 Å². The van der Waals surface area contributed by atoms with Gasteiger partial charge in [0, 0.05) is 5.56 Å². The third-order valence-corrected chi connectivity index (χ3v) is 2.89. The van der Waals surface area contributed by atoms with E-state index in [0.717, 1.165) is 5.56 Å². The van der Waals surface area contributed by atoms with E-state index in [1.807, 2.05) is 17.6 Å². The highest BCUT2D eigenvalue weighted by Gasteiger charge is 2.13. The number of nitrogen functional groups attached to an aromatic ring is 1. The largest absolute Gasteiger partial charge is 0.444 e. The Bertz CT molecular complexity index is 635. The van der Waals surface area contributed by atoms with E-state index in [-0.39, 0.29) is 17.4 Å². The predicted octanol–water partition coefficient (Wildman–Crippen LogP) is 1.48. The van der Waals surface area contributed by atoms with Crippen molar-refractivity contribution in [3.63, 3.8) is 0 Å². The molecule has 1 aromatic heterocycles. The predicted molar refractivity (Wildman–Crippen MR) is 74.4 cm³/mol. The summed E-state index contributed by atoms with van der Waals surface area (Å²) in [4.78, 5) is 18.9. The molecule has 7 nitrogen and oxygen atoms in total. The van der Waals surface area contributed by atoms with Crippen molar-refractivity contribution in [3.05, 3.63) is 41.3 Å². The van der Waals surface area contributed by atoms with Gasteiger partial charge in [0.15, 0.2) is 5.15 Å². The number of nitrogens with zero attached hydrogens (tertiary/aromatic N) is 2. The summed E-state index contributed by atoms with van der Waals surface area (Å²) in [5.41, 5.74) is 9.93. The number of benzene rings is 1. The van der Waals surface area contributed by atoms with Crippen LogP contribution in [0, 0.1) is 0 Å². The maximum Gasteiger partial charge on any atom is 0.421 e. The molecule has 8 heteroatoms. The van der Waals surface area contributed by atoms with Crippen molar-refractivity contribution in [3.8, 4) is 11.3 Å². The number of ether oxygens (including phenoxy) is 1. The lowest BCUT2D eigenvalue weighted by Crippen LogP contribution is -2.30. The topological polar surface area (TPSA) is 116 Å². The Hall–Kier alpha value is -2.38. The van der Waals surface area contributed by atoms with Crippen molar-refractivity contribution in [2.24, 2.45) is 5.84 Å². The number of hydrogen-bond donors (Lipinski definition) is 3. The first-order valence-electron chi connectivity index (χ1n) is 5.61. The van der Waals surface area contributed by atoms with E-state index in [9.17, 15) is 4.79 Å². The van der Waals surface area contributed by atoms with Crippen LogP contribution in [0.1, 0.15) is 5.56 Å². The fourth-order valence-corrected chi connectivity index (χ4v) is 1.78. The van der Waals surface area contributed by atoms with Crippen molar-refractivity contribution >= 4 is 23.4 Å². The molecule has 0 aliphatic rings. The van der Waals surface area contributed by atoms with Crippen molar-refractivity contribution in [1.82, 2.24) is 15.4 Å². The number of anilines is 1. The van der Waals surface area contributed by atoms with E-state index in [2.05, 4.69) is 9.97 Å². The fourth-order valence-electron chi connectivity index (χ4n) is 1.65. The first-order chi connectivity index (χ1) is 9.63. The van der Waals surface area contributed by atoms with Crippen LogP contribution in [-0.2, 0) is 11.3 Å².